The van der Waals surface area contributed by atoms with E-state index in [-0.39, 0.29) is 30.1 Å². The zero-order valence-electron chi connectivity index (χ0n) is 17.8. The maximum absolute atomic E-state index is 12.3. The highest BCUT2D eigenvalue weighted by atomic mass is 127. The molecule has 8 heteroatoms. The fraction of sp³-hybridized carbons (Fsp3) is 0.895. The second kappa shape index (κ2) is 13.4. The van der Waals surface area contributed by atoms with Crippen molar-refractivity contribution in [1.82, 2.24) is 15.5 Å². The van der Waals surface area contributed by atoms with Gasteiger partial charge in [-0.3, -0.25) is 4.99 Å². The number of ether oxygens (including phenoxy) is 2. The van der Waals surface area contributed by atoms with Crippen LogP contribution in [0.5, 0.6) is 0 Å². The Hall–Kier alpha value is -0.770. The van der Waals surface area contributed by atoms with Gasteiger partial charge in [-0.1, -0.05) is 13.8 Å². The molecular weight excluding hydrogens is 459 g/mol. The van der Waals surface area contributed by atoms with E-state index in [1.807, 2.05) is 25.7 Å². The first-order valence-corrected chi connectivity index (χ1v) is 9.75. The molecule has 160 valence electrons. The van der Waals surface area contributed by atoms with E-state index in [2.05, 4.69) is 29.5 Å². The van der Waals surface area contributed by atoms with Gasteiger partial charge in [-0.15, -0.1) is 24.0 Å². The summed E-state index contributed by atoms with van der Waals surface area (Å²) in [6.07, 6.45) is 2.82. The molecular formula is C19H39IN4O3. The first-order valence-electron chi connectivity index (χ1n) is 9.75. The number of hydrogen-bond acceptors (Lipinski definition) is 4. The third-order valence-corrected chi connectivity index (χ3v) is 3.69. The Balaban J connectivity index is 0.00000676. The van der Waals surface area contributed by atoms with Crippen molar-refractivity contribution in [2.75, 3.05) is 39.9 Å². The number of hydrogen-bond donors (Lipinski definition) is 2. The molecule has 0 heterocycles. The zero-order valence-corrected chi connectivity index (χ0v) is 20.2. The molecule has 0 saturated heterocycles. The molecule has 1 saturated carbocycles. The van der Waals surface area contributed by atoms with Crippen molar-refractivity contribution in [1.29, 1.82) is 0 Å². The van der Waals surface area contributed by atoms with Gasteiger partial charge in [-0.05, 0) is 46.0 Å². The second-order valence-electron chi connectivity index (χ2n) is 8.15. The number of carbonyl (C=O) groups is 1. The van der Waals surface area contributed by atoms with Crippen molar-refractivity contribution in [2.45, 2.75) is 65.5 Å². The van der Waals surface area contributed by atoms with Crippen LogP contribution in [0.15, 0.2) is 4.99 Å². The normalized spacial score (nSPS) is 14.6. The fourth-order valence-corrected chi connectivity index (χ4v) is 2.35. The third kappa shape index (κ3) is 13.1. The summed E-state index contributed by atoms with van der Waals surface area (Å²) in [4.78, 5) is 18.4. The number of aliphatic imine (C=N–C) groups is 1. The molecule has 0 radical (unpaired) electrons. The van der Waals surface area contributed by atoms with Crippen LogP contribution in [0.25, 0.3) is 0 Å². The van der Waals surface area contributed by atoms with E-state index in [0.29, 0.717) is 25.0 Å². The minimum Gasteiger partial charge on any atom is -0.444 e. The Labute approximate surface area is 182 Å². The van der Waals surface area contributed by atoms with Gasteiger partial charge in [0.2, 0.25) is 0 Å². The first-order chi connectivity index (χ1) is 12.2. The number of halogens is 1. The van der Waals surface area contributed by atoms with E-state index in [9.17, 15) is 4.79 Å². The van der Waals surface area contributed by atoms with Crippen molar-refractivity contribution in [3.63, 3.8) is 0 Å². The van der Waals surface area contributed by atoms with Crippen molar-refractivity contribution < 1.29 is 14.3 Å². The highest BCUT2D eigenvalue weighted by Crippen LogP contribution is 2.27. The number of rotatable bonds is 10. The Kier molecular flexibility index (Phi) is 13.0. The van der Waals surface area contributed by atoms with E-state index in [4.69, 9.17) is 9.47 Å². The van der Waals surface area contributed by atoms with E-state index in [0.717, 1.165) is 45.0 Å². The lowest BCUT2D eigenvalue weighted by Gasteiger charge is -2.27. The summed E-state index contributed by atoms with van der Waals surface area (Å²) in [6, 6.07) is 0.319. The third-order valence-electron chi connectivity index (χ3n) is 3.69. The van der Waals surface area contributed by atoms with Crippen LogP contribution in [0.4, 0.5) is 4.79 Å². The molecule has 0 spiro atoms. The first kappa shape index (κ1) is 26.2. The Morgan fingerprint density at radius 2 is 1.85 bits per heavy atom. The topological polar surface area (TPSA) is 75.2 Å². The molecule has 1 amide bonds. The number of nitrogens with zero attached hydrogens (tertiary/aromatic N) is 2. The van der Waals surface area contributed by atoms with Gasteiger partial charge in [-0.25, -0.2) is 4.79 Å². The van der Waals surface area contributed by atoms with Crippen molar-refractivity contribution in [2.24, 2.45) is 10.9 Å². The molecule has 2 N–H and O–H groups in total. The zero-order chi connectivity index (χ0) is 19.6. The van der Waals surface area contributed by atoms with Crippen LogP contribution in [-0.2, 0) is 9.47 Å². The lowest BCUT2D eigenvalue weighted by Crippen LogP contribution is -2.45. The molecule has 7 nitrogen and oxygen atoms in total. The largest absolute Gasteiger partial charge is 0.444 e. The van der Waals surface area contributed by atoms with Crippen LogP contribution in [-0.4, -0.2) is 68.5 Å². The second-order valence-corrected chi connectivity index (χ2v) is 8.15. The smallest absolute Gasteiger partial charge is 0.410 e. The number of amides is 1. The molecule has 1 aliphatic rings. The van der Waals surface area contributed by atoms with Crippen molar-refractivity contribution >= 4 is 36.0 Å². The maximum Gasteiger partial charge on any atom is 0.410 e. The molecule has 1 aliphatic carbocycles. The summed E-state index contributed by atoms with van der Waals surface area (Å²) in [6.45, 7) is 13.6. The van der Waals surface area contributed by atoms with E-state index in [1.165, 1.54) is 0 Å². The molecule has 0 bridgehead atoms. The van der Waals surface area contributed by atoms with Gasteiger partial charge < -0.3 is 25.0 Å². The average molecular weight is 498 g/mol. The van der Waals surface area contributed by atoms with Crippen LogP contribution in [0, 0.1) is 5.92 Å². The Bertz CT molecular complexity index is 449. The molecule has 0 unspecified atom stereocenters. The molecule has 0 aromatic carbocycles. The van der Waals surface area contributed by atoms with Crippen LogP contribution in [0.2, 0.25) is 0 Å². The number of nitrogens with one attached hydrogen (secondary N) is 2. The summed E-state index contributed by atoms with van der Waals surface area (Å²) in [5.41, 5.74) is -0.465. The number of guanidine groups is 1. The highest BCUT2D eigenvalue weighted by Gasteiger charge is 2.34. The predicted molar refractivity (Wildman–Crippen MR) is 121 cm³/mol. The molecule has 27 heavy (non-hydrogen) atoms. The van der Waals surface area contributed by atoms with Crippen molar-refractivity contribution in [3.05, 3.63) is 0 Å². The van der Waals surface area contributed by atoms with Crippen LogP contribution in [0.1, 0.15) is 53.9 Å². The maximum atomic E-state index is 12.3. The minimum atomic E-state index is -0.465. The van der Waals surface area contributed by atoms with Gasteiger partial charge in [0.15, 0.2) is 5.96 Å². The predicted octanol–water partition coefficient (Wildman–Crippen LogP) is 3.23. The number of carbonyl (C=O) groups excluding carboxylic acids is 1. The quantitative estimate of drug-likeness (QED) is 0.209. The Morgan fingerprint density at radius 3 is 2.37 bits per heavy atom. The highest BCUT2D eigenvalue weighted by molar-refractivity contribution is 14.0. The fourth-order valence-electron chi connectivity index (χ4n) is 2.35. The summed E-state index contributed by atoms with van der Waals surface area (Å²) in [7, 11) is 1.75. The molecule has 0 aliphatic heterocycles. The van der Waals surface area contributed by atoms with Crippen LogP contribution < -0.4 is 10.6 Å². The van der Waals surface area contributed by atoms with Gasteiger partial charge in [0.1, 0.15) is 5.60 Å². The summed E-state index contributed by atoms with van der Waals surface area (Å²) in [5.74, 6) is 1.31. The van der Waals surface area contributed by atoms with Gasteiger partial charge in [-0.2, -0.15) is 0 Å². The Morgan fingerprint density at radius 1 is 1.22 bits per heavy atom. The SMILES string of the molecule is CN=C(NCCCOCC(C)C)NCCN(C(=O)OC(C)(C)C)C1CC1.I. The molecule has 1 fully saturated rings. The minimum absolute atomic E-state index is 0. The summed E-state index contributed by atoms with van der Waals surface area (Å²) >= 11 is 0. The van der Waals surface area contributed by atoms with Crippen molar-refractivity contribution in [3.8, 4) is 0 Å². The average Bonchev–Trinajstić information content (AvgIpc) is 3.35. The van der Waals surface area contributed by atoms with E-state index >= 15 is 0 Å². The van der Waals surface area contributed by atoms with Crippen LogP contribution in [0.3, 0.4) is 0 Å². The molecule has 0 aromatic heterocycles. The van der Waals surface area contributed by atoms with E-state index in [1.54, 1.807) is 7.05 Å². The molecule has 0 atom stereocenters. The van der Waals surface area contributed by atoms with Gasteiger partial charge in [0.05, 0.1) is 0 Å². The van der Waals surface area contributed by atoms with E-state index < -0.39 is 5.60 Å². The summed E-state index contributed by atoms with van der Waals surface area (Å²) in [5, 5.41) is 6.53. The standard InChI is InChI=1S/C19H38N4O3.HI/c1-15(2)14-25-13-7-10-21-17(20-6)22-11-12-23(16-8-9-16)18(24)26-19(3,4)5;/h15-16H,7-14H2,1-6H3,(H2,20,21,22);1H. The monoisotopic (exact) mass is 498 g/mol. The molecule has 0 aromatic rings. The van der Waals surface area contributed by atoms with Gasteiger partial charge in [0.25, 0.3) is 0 Å². The molecule has 1 rings (SSSR count). The van der Waals surface area contributed by atoms with Crippen LogP contribution >= 0.6 is 24.0 Å². The van der Waals surface area contributed by atoms with Gasteiger partial charge in [0, 0.05) is 45.9 Å². The summed E-state index contributed by atoms with van der Waals surface area (Å²) < 4.78 is 11.1. The lowest BCUT2D eigenvalue weighted by molar-refractivity contribution is 0.0238. The van der Waals surface area contributed by atoms with Gasteiger partial charge >= 0.3 is 6.09 Å². The lowest BCUT2D eigenvalue weighted by atomic mass is 10.2.